The SMILES string of the molecule is Clc1ccc(ON=C2CCCCC2)cc1. The molecule has 3 heteroatoms. The lowest BCUT2D eigenvalue weighted by Crippen LogP contribution is -2.06. The Labute approximate surface area is 94.9 Å². The Balaban J connectivity index is 1.94. The van der Waals surface area contributed by atoms with Crippen LogP contribution >= 0.6 is 11.6 Å². The van der Waals surface area contributed by atoms with Crippen LogP contribution in [0.15, 0.2) is 29.4 Å². The molecule has 0 aromatic heterocycles. The minimum absolute atomic E-state index is 0.715. The summed E-state index contributed by atoms with van der Waals surface area (Å²) in [7, 11) is 0. The fraction of sp³-hybridized carbons (Fsp3) is 0.417. The molecule has 0 heterocycles. The van der Waals surface area contributed by atoms with Gasteiger partial charge >= 0.3 is 0 Å². The molecule has 0 amide bonds. The third kappa shape index (κ3) is 3.24. The maximum absolute atomic E-state index is 5.77. The molecular formula is C12H14ClNO. The largest absolute Gasteiger partial charge is 0.357 e. The molecule has 1 aliphatic carbocycles. The molecule has 1 aromatic carbocycles. The molecule has 15 heavy (non-hydrogen) atoms. The second kappa shape index (κ2) is 5.17. The van der Waals surface area contributed by atoms with Gasteiger partial charge in [0.2, 0.25) is 0 Å². The average Bonchev–Trinajstić information content (AvgIpc) is 2.30. The summed E-state index contributed by atoms with van der Waals surface area (Å²) in [6, 6.07) is 7.26. The van der Waals surface area contributed by atoms with E-state index in [-0.39, 0.29) is 0 Å². The first kappa shape index (κ1) is 10.5. The van der Waals surface area contributed by atoms with Gasteiger partial charge in [-0.25, -0.2) is 0 Å². The van der Waals surface area contributed by atoms with Gasteiger partial charge in [-0.15, -0.1) is 0 Å². The minimum Gasteiger partial charge on any atom is -0.357 e. The molecular weight excluding hydrogens is 210 g/mol. The van der Waals surface area contributed by atoms with E-state index in [1.165, 1.54) is 25.0 Å². The molecule has 1 fully saturated rings. The van der Waals surface area contributed by atoms with Crippen molar-refractivity contribution in [3.63, 3.8) is 0 Å². The number of hydrogen-bond donors (Lipinski definition) is 0. The maximum Gasteiger partial charge on any atom is 0.158 e. The van der Waals surface area contributed by atoms with Crippen molar-refractivity contribution in [1.82, 2.24) is 0 Å². The highest BCUT2D eigenvalue weighted by atomic mass is 35.5. The van der Waals surface area contributed by atoms with E-state index in [2.05, 4.69) is 5.16 Å². The molecule has 0 bridgehead atoms. The Hall–Kier alpha value is -1.02. The number of nitrogens with zero attached hydrogens (tertiary/aromatic N) is 1. The number of benzene rings is 1. The maximum atomic E-state index is 5.77. The first-order valence-electron chi connectivity index (χ1n) is 5.33. The summed E-state index contributed by atoms with van der Waals surface area (Å²) in [5.41, 5.74) is 1.18. The standard InChI is InChI=1S/C12H14ClNO/c13-10-6-8-12(9-7-10)15-14-11-4-2-1-3-5-11/h6-9H,1-5H2. The van der Waals surface area contributed by atoms with Crippen molar-refractivity contribution in [3.8, 4) is 5.75 Å². The van der Waals surface area contributed by atoms with Crippen molar-refractivity contribution in [2.24, 2.45) is 5.16 Å². The normalized spacial score (nSPS) is 16.2. The highest BCUT2D eigenvalue weighted by Crippen LogP contribution is 2.18. The molecule has 0 unspecified atom stereocenters. The van der Waals surface area contributed by atoms with E-state index < -0.39 is 0 Å². The van der Waals surface area contributed by atoms with Crippen LogP contribution < -0.4 is 4.84 Å². The Bertz CT molecular complexity index is 337. The predicted octanol–water partition coefficient (Wildman–Crippen LogP) is 4.04. The van der Waals surface area contributed by atoms with Crippen molar-refractivity contribution in [1.29, 1.82) is 0 Å². The van der Waals surface area contributed by atoms with E-state index in [1.807, 2.05) is 12.1 Å². The van der Waals surface area contributed by atoms with E-state index in [0.717, 1.165) is 18.6 Å². The minimum atomic E-state index is 0.715. The molecule has 2 rings (SSSR count). The van der Waals surface area contributed by atoms with E-state index in [0.29, 0.717) is 5.02 Å². The lowest BCUT2D eigenvalue weighted by Gasteiger charge is -2.11. The first-order chi connectivity index (χ1) is 7.34. The Morgan fingerprint density at radius 2 is 1.67 bits per heavy atom. The fourth-order valence-electron chi connectivity index (χ4n) is 1.66. The summed E-state index contributed by atoms with van der Waals surface area (Å²) >= 11 is 5.77. The fourth-order valence-corrected chi connectivity index (χ4v) is 1.79. The van der Waals surface area contributed by atoms with Crippen LogP contribution in [0.1, 0.15) is 32.1 Å². The number of halogens is 1. The monoisotopic (exact) mass is 223 g/mol. The molecule has 0 aliphatic heterocycles. The smallest absolute Gasteiger partial charge is 0.158 e. The van der Waals surface area contributed by atoms with E-state index in [4.69, 9.17) is 16.4 Å². The summed E-state index contributed by atoms with van der Waals surface area (Å²) in [4.78, 5) is 5.33. The van der Waals surface area contributed by atoms with E-state index in [1.54, 1.807) is 12.1 Å². The van der Waals surface area contributed by atoms with E-state index in [9.17, 15) is 0 Å². The van der Waals surface area contributed by atoms with Gasteiger partial charge in [-0.1, -0.05) is 23.2 Å². The Morgan fingerprint density at radius 1 is 1.00 bits per heavy atom. The summed E-state index contributed by atoms with van der Waals surface area (Å²) in [6.45, 7) is 0. The molecule has 1 aliphatic rings. The second-order valence-electron chi connectivity index (χ2n) is 3.76. The molecule has 0 spiro atoms. The van der Waals surface area contributed by atoms with Gasteiger partial charge < -0.3 is 4.84 Å². The van der Waals surface area contributed by atoms with Crippen LogP contribution in [0.25, 0.3) is 0 Å². The molecule has 80 valence electrons. The third-order valence-corrected chi connectivity index (χ3v) is 2.78. The van der Waals surface area contributed by atoms with Crippen LogP contribution in [-0.4, -0.2) is 5.71 Å². The van der Waals surface area contributed by atoms with E-state index >= 15 is 0 Å². The van der Waals surface area contributed by atoms with Crippen LogP contribution in [0.2, 0.25) is 5.02 Å². The van der Waals surface area contributed by atoms with Crippen LogP contribution in [0, 0.1) is 0 Å². The molecule has 0 atom stereocenters. The number of rotatable bonds is 2. The average molecular weight is 224 g/mol. The zero-order chi connectivity index (χ0) is 10.5. The van der Waals surface area contributed by atoms with Gasteiger partial charge in [0, 0.05) is 5.02 Å². The molecule has 1 aromatic rings. The Kier molecular flexibility index (Phi) is 3.62. The zero-order valence-corrected chi connectivity index (χ0v) is 9.33. The molecule has 0 saturated heterocycles. The van der Waals surface area contributed by atoms with Crippen LogP contribution in [0.4, 0.5) is 0 Å². The molecule has 1 saturated carbocycles. The van der Waals surface area contributed by atoms with Crippen molar-refractivity contribution in [2.45, 2.75) is 32.1 Å². The van der Waals surface area contributed by atoms with Gasteiger partial charge in [-0.3, -0.25) is 0 Å². The molecule has 2 nitrogen and oxygen atoms in total. The summed E-state index contributed by atoms with van der Waals surface area (Å²) in [5.74, 6) is 0.748. The summed E-state index contributed by atoms with van der Waals surface area (Å²) < 4.78 is 0. The van der Waals surface area contributed by atoms with Gasteiger partial charge in [0.05, 0.1) is 5.71 Å². The van der Waals surface area contributed by atoms with Crippen LogP contribution in [-0.2, 0) is 0 Å². The number of oxime groups is 1. The van der Waals surface area contributed by atoms with Gasteiger partial charge in [-0.2, -0.15) is 0 Å². The zero-order valence-electron chi connectivity index (χ0n) is 8.58. The van der Waals surface area contributed by atoms with Crippen molar-refractivity contribution < 1.29 is 4.84 Å². The summed E-state index contributed by atoms with van der Waals surface area (Å²) in [5, 5.41) is 4.87. The van der Waals surface area contributed by atoms with Crippen molar-refractivity contribution in [3.05, 3.63) is 29.3 Å². The van der Waals surface area contributed by atoms with Crippen molar-refractivity contribution in [2.75, 3.05) is 0 Å². The third-order valence-electron chi connectivity index (χ3n) is 2.52. The molecule has 0 N–H and O–H groups in total. The number of hydrogen-bond acceptors (Lipinski definition) is 2. The second-order valence-corrected chi connectivity index (χ2v) is 4.20. The lowest BCUT2D eigenvalue weighted by atomic mass is 9.99. The lowest BCUT2D eigenvalue weighted by molar-refractivity contribution is 0.336. The van der Waals surface area contributed by atoms with Crippen LogP contribution in [0.5, 0.6) is 5.75 Å². The highest BCUT2D eigenvalue weighted by Gasteiger charge is 2.07. The summed E-state index contributed by atoms with van der Waals surface area (Å²) in [6.07, 6.45) is 5.95. The topological polar surface area (TPSA) is 21.6 Å². The van der Waals surface area contributed by atoms with Gasteiger partial charge in [0.15, 0.2) is 5.75 Å². The Morgan fingerprint density at radius 3 is 2.33 bits per heavy atom. The quantitative estimate of drug-likeness (QED) is 0.694. The van der Waals surface area contributed by atoms with Crippen molar-refractivity contribution >= 4 is 17.3 Å². The van der Waals surface area contributed by atoms with Gasteiger partial charge in [0.1, 0.15) is 0 Å². The first-order valence-corrected chi connectivity index (χ1v) is 5.71. The molecule has 0 radical (unpaired) electrons. The predicted molar refractivity (Wildman–Crippen MR) is 62.6 cm³/mol. The van der Waals surface area contributed by atoms with Gasteiger partial charge in [0.25, 0.3) is 0 Å². The van der Waals surface area contributed by atoms with Gasteiger partial charge in [-0.05, 0) is 49.9 Å². The highest BCUT2D eigenvalue weighted by molar-refractivity contribution is 6.30. The van der Waals surface area contributed by atoms with Crippen LogP contribution in [0.3, 0.4) is 0 Å².